The van der Waals surface area contributed by atoms with E-state index < -0.39 is 144 Å². The number of carbonyl (C=O) groups is 11. The molecule has 6 aromatic rings. The van der Waals surface area contributed by atoms with Crippen molar-refractivity contribution in [1.29, 1.82) is 10.8 Å². The van der Waals surface area contributed by atoms with E-state index in [0.29, 0.717) is 27.6 Å². The molecule has 1 saturated heterocycles. The van der Waals surface area contributed by atoms with Crippen molar-refractivity contribution in [3.8, 4) is 5.75 Å². The van der Waals surface area contributed by atoms with Gasteiger partial charge in [-0.25, -0.2) is 4.98 Å². The molecule has 1 aliphatic rings. The molecule has 3 heterocycles. The van der Waals surface area contributed by atoms with Gasteiger partial charge in [0, 0.05) is 86.9 Å². The predicted octanol–water partition coefficient (Wildman–Crippen LogP) is -1.32. The maximum absolute atomic E-state index is 15.1. The van der Waals surface area contributed by atoms with Crippen LogP contribution in [-0.2, 0) is 78.4 Å². The number of fused-ring (bicyclic) bond motifs is 2. The third-order valence-electron chi connectivity index (χ3n) is 15.7. The highest BCUT2D eigenvalue weighted by Gasteiger charge is 2.37. The zero-order valence-electron chi connectivity index (χ0n) is 53.4. The summed E-state index contributed by atoms with van der Waals surface area (Å²) in [5.74, 6) is -12.3. The number of hydrogen-bond donors (Lipinski definition) is 20. The summed E-state index contributed by atoms with van der Waals surface area (Å²) in [5.41, 5.74) is 19.6. The van der Waals surface area contributed by atoms with E-state index in [0.717, 1.165) is 32.4 Å². The first-order chi connectivity index (χ1) is 46.9. The number of guanidine groups is 2. The van der Waals surface area contributed by atoms with Crippen molar-refractivity contribution in [3.63, 3.8) is 0 Å². The lowest BCUT2D eigenvalue weighted by Gasteiger charge is -2.28. The maximum Gasteiger partial charge on any atom is 0.303 e. The normalized spacial score (nSPS) is 19.9. The van der Waals surface area contributed by atoms with Crippen LogP contribution in [0.15, 0.2) is 110 Å². The Balaban J connectivity index is 1.29. The number of aromatic hydroxyl groups is 1. The monoisotopic (exact) mass is 1390 g/mol. The molecule has 10 amide bonds. The van der Waals surface area contributed by atoms with Crippen LogP contribution in [-0.4, -0.2) is 181 Å². The summed E-state index contributed by atoms with van der Waals surface area (Å²) < 4.78 is 0. The number of rotatable bonds is 25. The molecule has 4 aromatic carbocycles. The van der Waals surface area contributed by atoms with Crippen LogP contribution in [0.5, 0.6) is 5.75 Å². The predicted molar refractivity (Wildman–Crippen MR) is 366 cm³/mol. The van der Waals surface area contributed by atoms with Crippen molar-refractivity contribution < 1.29 is 63.0 Å². The number of hydrogen-bond acceptors (Lipinski definition) is 17. The Bertz CT molecular complexity index is 3840. The van der Waals surface area contributed by atoms with Gasteiger partial charge in [-0.15, -0.1) is 0 Å². The molecule has 2 aromatic heterocycles. The molecule has 1 fully saturated rings. The number of aliphatic carboxylic acids is 1. The third-order valence-corrected chi connectivity index (χ3v) is 18.1. The first-order valence-electron chi connectivity index (χ1n) is 31.3. The van der Waals surface area contributed by atoms with Crippen molar-refractivity contribution in [2.24, 2.45) is 17.2 Å². The summed E-state index contributed by atoms with van der Waals surface area (Å²) >= 11 is 0. The number of aromatic amines is 2. The number of phenols is 1. The lowest BCUT2D eigenvalue weighted by Crippen LogP contribution is -2.61. The Kier molecular flexibility index (Phi) is 28.0. The van der Waals surface area contributed by atoms with E-state index in [9.17, 15) is 53.4 Å². The van der Waals surface area contributed by atoms with Gasteiger partial charge in [-0.3, -0.25) is 63.6 Å². The number of nitrogens with two attached hydrogens (primary N) is 3. The lowest BCUT2D eigenvalue weighted by atomic mass is 9.99. The highest BCUT2D eigenvalue weighted by atomic mass is 33.1. The number of H-pyrrole nitrogens is 2. The second kappa shape index (κ2) is 36.8. The van der Waals surface area contributed by atoms with Crippen molar-refractivity contribution in [2.45, 2.75) is 126 Å². The van der Waals surface area contributed by atoms with Crippen molar-refractivity contribution in [2.75, 3.05) is 24.6 Å². The number of carboxylic acid groups (broad SMARTS) is 1. The van der Waals surface area contributed by atoms with Gasteiger partial charge in [-0.1, -0.05) is 94.4 Å². The topological polar surface area (TPSA) is 531 Å². The lowest BCUT2D eigenvalue weighted by molar-refractivity contribution is -0.138. The molecule has 0 radical (unpaired) electrons. The van der Waals surface area contributed by atoms with Gasteiger partial charge in [-0.05, 0) is 77.8 Å². The van der Waals surface area contributed by atoms with E-state index in [1.54, 1.807) is 42.6 Å². The standard InChI is InChI=1S/C64H81N19O13S2/c1-34(84)75-47(25-35-15-18-41(85)19-16-35)58(92)76-45(13-7-23-72-64(68)69)56(90)83-52-32-98-97-31-51(54(65)88)82-60(94)49(27-39-29-73-43-11-5-4-10-42(39)43)80-55(89)44(12-6-22-71-63(66)67)77-59(93)48(26-36-14-17-37-8-2-3-9-38(37)24-36)79-61(95)50(28-40-30-70-33-74-40)81-57(91)46(78-62(52)96)20-21-53(86)87/h2-5,8-11,14-19,24,29-30,33,44-52,73,85H,6-7,12-13,20-23,25-28,31-32H2,1H3,(H2,65,88)(H,70,74)(H,75,84)(H,76,92)(H,77,93)(H,78,96)(H,79,95)(H,80,89)(H,81,91)(H,82,94)(H,83,90)(H,86,87)(H4,66,67,71)(H4,68,69,72)/t44-,45-,46-,47-,48+,49-,50-,51-,52-/m0/s1. The van der Waals surface area contributed by atoms with Gasteiger partial charge in [0.05, 0.1) is 12.0 Å². The van der Waals surface area contributed by atoms with Gasteiger partial charge in [0.1, 0.15) is 60.1 Å². The number of carbonyl (C=O) groups excluding carboxylic acids is 10. The van der Waals surface area contributed by atoms with Crippen LogP contribution in [0, 0.1) is 10.8 Å². The maximum atomic E-state index is 15.1. The number of amides is 10. The molecular formula is C64H81N19O13S2. The molecule has 98 heavy (non-hydrogen) atoms. The van der Waals surface area contributed by atoms with E-state index in [2.05, 4.69) is 73.4 Å². The van der Waals surface area contributed by atoms with E-state index in [1.807, 2.05) is 30.3 Å². The summed E-state index contributed by atoms with van der Waals surface area (Å²) in [4.78, 5) is 167. The number of carboxylic acids is 1. The SMILES string of the molecule is CC(=O)N[C@@H](Cc1ccc(O)cc1)C(=O)N[C@@H](CCCNC(=N)N)C(=O)N[C@H]1CSSC[C@@H](C(N)=O)NC(=O)[C@H](Cc2c[nH]c3ccccc23)NC(=O)[C@H](CCCNC(=N)N)NC(=O)[C@@H](Cc2ccc3ccccc3c2)NC(=O)[C@H](Cc2c[nH]cn2)NC(=O)[C@H](CCC(=O)O)NC1=O. The van der Waals surface area contributed by atoms with Gasteiger partial charge in [0.15, 0.2) is 11.9 Å². The molecule has 0 aliphatic carbocycles. The van der Waals surface area contributed by atoms with Crippen molar-refractivity contribution >= 4 is 120 Å². The molecule has 0 bridgehead atoms. The molecule has 0 saturated carbocycles. The quantitative estimate of drug-likeness (QED) is 0.0137. The molecule has 522 valence electrons. The molecule has 32 nitrogen and oxygen atoms in total. The second-order valence-corrected chi connectivity index (χ2v) is 25.7. The number of nitrogens with one attached hydrogen (secondary N) is 15. The Morgan fingerprint density at radius 1 is 0.622 bits per heavy atom. The zero-order chi connectivity index (χ0) is 70.8. The minimum atomic E-state index is -1.78. The zero-order valence-corrected chi connectivity index (χ0v) is 55.0. The molecule has 7 rings (SSSR count). The first-order valence-corrected chi connectivity index (χ1v) is 33.8. The van der Waals surface area contributed by atoms with Gasteiger partial charge >= 0.3 is 5.97 Å². The number of aromatic nitrogens is 3. The van der Waals surface area contributed by atoms with Crippen LogP contribution >= 0.6 is 21.6 Å². The molecule has 0 spiro atoms. The molecule has 9 atom stereocenters. The summed E-state index contributed by atoms with van der Waals surface area (Å²) in [6, 6.07) is 11.8. The Labute approximate surface area is 570 Å². The average Bonchev–Trinajstić information content (AvgIpc) is 1.49. The smallest absolute Gasteiger partial charge is 0.303 e. The molecule has 34 heteroatoms. The minimum Gasteiger partial charge on any atom is -0.508 e. The van der Waals surface area contributed by atoms with E-state index in [1.165, 1.54) is 43.7 Å². The largest absolute Gasteiger partial charge is 0.508 e. The van der Waals surface area contributed by atoms with Gasteiger partial charge in [-0.2, -0.15) is 0 Å². The minimum absolute atomic E-state index is 0.0290. The van der Waals surface area contributed by atoms with Gasteiger partial charge in [0.2, 0.25) is 59.1 Å². The van der Waals surface area contributed by atoms with Crippen LogP contribution in [0.25, 0.3) is 21.7 Å². The fourth-order valence-corrected chi connectivity index (χ4v) is 12.9. The Morgan fingerprint density at radius 2 is 1.20 bits per heavy atom. The van der Waals surface area contributed by atoms with Crippen molar-refractivity contribution in [3.05, 3.63) is 132 Å². The second-order valence-electron chi connectivity index (χ2n) is 23.2. The van der Waals surface area contributed by atoms with E-state index in [-0.39, 0.29) is 87.6 Å². The van der Waals surface area contributed by atoms with Crippen molar-refractivity contribution in [1.82, 2.24) is 73.4 Å². The number of phenolic OH excluding ortho intramolecular Hbond substituents is 1. The number of primary amides is 1. The summed E-state index contributed by atoms with van der Waals surface area (Å²) in [7, 11) is 1.77. The molecule has 23 N–H and O–H groups in total. The van der Waals surface area contributed by atoms with Crippen LogP contribution in [0.2, 0.25) is 0 Å². The average molecular weight is 1390 g/mol. The molecule has 0 unspecified atom stereocenters. The molecular weight excluding hydrogens is 1310 g/mol. The van der Waals surface area contributed by atoms with E-state index in [4.69, 9.17) is 28.0 Å². The summed E-state index contributed by atoms with van der Waals surface area (Å²) in [6.45, 7) is 1.26. The van der Waals surface area contributed by atoms with Crippen LogP contribution in [0.4, 0.5) is 0 Å². The van der Waals surface area contributed by atoms with Gasteiger partial charge < -0.3 is 95.9 Å². The Morgan fingerprint density at radius 3 is 1.86 bits per heavy atom. The first kappa shape index (κ1) is 74.5. The Hall–Kier alpha value is -10.9. The summed E-state index contributed by atoms with van der Waals surface area (Å²) in [5, 5.41) is 66.8. The molecule has 1 aliphatic heterocycles. The number of imidazole rings is 1. The van der Waals surface area contributed by atoms with E-state index >= 15 is 9.59 Å². The number of benzene rings is 4. The van der Waals surface area contributed by atoms with Crippen LogP contribution in [0.1, 0.15) is 67.8 Å². The highest BCUT2D eigenvalue weighted by Crippen LogP contribution is 2.25. The number of para-hydroxylation sites is 1. The van der Waals surface area contributed by atoms with Crippen LogP contribution < -0.4 is 75.7 Å². The fraction of sp³-hybridized carbons (Fsp3) is 0.375. The fourth-order valence-electron chi connectivity index (χ4n) is 10.6. The summed E-state index contributed by atoms with van der Waals surface area (Å²) in [6.07, 6.45) is 2.07. The third kappa shape index (κ3) is 23.5. The highest BCUT2D eigenvalue weighted by molar-refractivity contribution is 8.76. The van der Waals surface area contributed by atoms with Gasteiger partial charge in [0.25, 0.3) is 0 Å². The van der Waals surface area contributed by atoms with Crippen LogP contribution in [0.3, 0.4) is 0 Å². The number of nitrogens with zero attached hydrogens (tertiary/aromatic N) is 1.